The number of hydrogen-bond acceptors (Lipinski definition) is 7. The molecule has 0 fully saturated rings. The number of carboxylic acids is 1. The van der Waals surface area contributed by atoms with Gasteiger partial charge in [-0.1, -0.05) is 0 Å². The molecule has 1 rings (SSSR count). The van der Waals surface area contributed by atoms with E-state index in [1.54, 1.807) is 18.6 Å². The standard InChI is InChI=1S/C10H15N3O6S2/c1-5(2)19-10(16)13-21(17,18)11-4-7-12-6(3)8(20-7)9(14)15/h5,11H,4H2,1-3H3,(H,13,16)(H,14,15). The van der Waals surface area contributed by atoms with Crippen LogP contribution >= 0.6 is 11.3 Å². The predicted molar refractivity (Wildman–Crippen MR) is 74.3 cm³/mol. The zero-order valence-corrected chi connectivity index (χ0v) is 13.2. The Hall–Kier alpha value is -1.72. The maximum absolute atomic E-state index is 11.6. The van der Waals surface area contributed by atoms with Crippen molar-refractivity contribution >= 4 is 33.6 Å². The van der Waals surface area contributed by atoms with Crippen LogP contribution in [0, 0.1) is 6.92 Å². The maximum Gasteiger partial charge on any atom is 0.422 e. The molecule has 0 saturated carbocycles. The number of nitrogens with zero attached hydrogens (tertiary/aromatic N) is 1. The van der Waals surface area contributed by atoms with Crippen LogP contribution in [0.1, 0.15) is 34.2 Å². The third-order valence-electron chi connectivity index (χ3n) is 2.01. The number of aryl methyl sites for hydroxylation is 1. The van der Waals surface area contributed by atoms with Crippen molar-refractivity contribution in [3.8, 4) is 0 Å². The van der Waals surface area contributed by atoms with Crippen molar-refractivity contribution < 1.29 is 27.9 Å². The number of ether oxygens (including phenoxy) is 1. The lowest BCUT2D eigenvalue weighted by molar-refractivity contribution is 0.0701. The van der Waals surface area contributed by atoms with Gasteiger partial charge in [0.1, 0.15) is 9.88 Å². The smallest absolute Gasteiger partial charge is 0.422 e. The number of aromatic nitrogens is 1. The fourth-order valence-electron chi connectivity index (χ4n) is 1.27. The minimum atomic E-state index is -4.10. The fraction of sp³-hybridized carbons (Fsp3) is 0.500. The van der Waals surface area contributed by atoms with E-state index in [-0.39, 0.29) is 16.4 Å². The minimum Gasteiger partial charge on any atom is -0.477 e. The number of nitrogens with one attached hydrogen (secondary N) is 2. The van der Waals surface area contributed by atoms with Crippen LogP contribution in [0.4, 0.5) is 4.79 Å². The van der Waals surface area contributed by atoms with E-state index in [2.05, 4.69) is 14.4 Å². The molecule has 0 unspecified atom stereocenters. The van der Waals surface area contributed by atoms with Crippen molar-refractivity contribution in [2.45, 2.75) is 33.4 Å². The molecule has 1 aromatic rings. The van der Waals surface area contributed by atoms with E-state index < -0.39 is 28.4 Å². The molecule has 0 aliphatic heterocycles. The summed E-state index contributed by atoms with van der Waals surface area (Å²) in [6.45, 7) is 4.43. The van der Waals surface area contributed by atoms with Crippen LogP contribution in [0.5, 0.6) is 0 Å². The Morgan fingerprint density at radius 1 is 1.43 bits per heavy atom. The van der Waals surface area contributed by atoms with Gasteiger partial charge < -0.3 is 9.84 Å². The molecule has 0 spiro atoms. The SMILES string of the molecule is Cc1nc(CNS(=O)(=O)NC(=O)OC(C)C)sc1C(=O)O. The summed E-state index contributed by atoms with van der Waals surface area (Å²) >= 11 is 0.856. The van der Waals surface area contributed by atoms with Gasteiger partial charge in [-0.15, -0.1) is 11.3 Å². The Morgan fingerprint density at radius 2 is 2.05 bits per heavy atom. The summed E-state index contributed by atoms with van der Waals surface area (Å²) in [7, 11) is -4.10. The molecule has 0 atom stereocenters. The van der Waals surface area contributed by atoms with Crippen molar-refractivity contribution in [3.05, 3.63) is 15.6 Å². The summed E-state index contributed by atoms with van der Waals surface area (Å²) in [4.78, 5) is 26.0. The summed E-state index contributed by atoms with van der Waals surface area (Å²) in [5.74, 6) is -1.13. The van der Waals surface area contributed by atoms with Crippen molar-refractivity contribution in [2.75, 3.05) is 0 Å². The second-order valence-electron chi connectivity index (χ2n) is 4.21. The predicted octanol–water partition coefficient (Wildman–Crippen LogP) is 0.619. The van der Waals surface area contributed by atoms with Crippen molar-refractivity contribution in [1.29, 1.82) is 0 Å². The zero-order chi connectivity index (χ0) is 16.2. The highest BCUT2D eigenvalue weighted by atomic mass is 32.2. The van der Waals surface area contributed by atoms with Crippen molar-refractivity contribution in [1.82, 2.24) is 14.4 Å². The van der Waals surface area contributed by atoms with Crippen LogP contribution in [0.15, 0.2) is 0 Å². The van der Waals surface area contributed by atoms with Gasteiger partial charge in [-0.05, 0) is 20.8 Å². The van der Waals surface area contributed by atoms with Crippen LogP contribution in [-0.4, -0.2) is 36.7 Å². The molecular formula is C10H15N3O6S2. The van der Waals surface area contributed by atoms with E-state index in [1.807, 2.05) is 0 Å². The molecule has 1 aromatic heterocycles. The molecule has 1 heterocycles. The minimum absolute atomic E-state index is 0.0383. The number of carbonyl (C=O) groups is 2. The molecule has 3 N–H and O–H groups in total. The monoisotopic (exact) mass is 337 g/mol. The highest BCUT2D eigenvalue weighted by Gasteiger charge is 2.18. The third-order valence-corrected chi connectivity index (χ3v) is 4.11. The van der Waals surface area contributed by atoms with Crippen molar-refractivity contribution in [3.63, 3.8) is 0 Å². The van der Waals surface area contributed by atoms with Crippen molar-refractivity contribution in [2.24, 2.45) is 0 Å². The number of thiazole rings is 1. The average molecular weight is 337 g/mol. The molecule has 0 radical (unpaired) electrons. The first kappa shape index (κ1) is 17.3. The molecule has 0 aliphatic rings. The molecule has 21 heavy (non-hydrogen) atoms. The third kappa shape index (κ3) is 5.65. The van der Waals surface area contributed by atoms with Crippen LogP contribution in [-0.2, 0) is 21.5 Å². The average Bonchev–Trinajstić information content (AvgIpc) is 2.66. The Bertz CT molecular complexity index is 637. The summed E-state index contributed by atoms with van der Waals surface area (Å²) in [5.41, 5.74) is 0.300. The van der Waals surface area contributed by atoms with Gasteiger partial charge in [-0.2, -0.15) is 13.1 Å². The molecule has 0 aliphatic carbocycles. The molecular weight excluding hydrogens is 322 g/mol. The summed E-state index contributed by atoms with van der Waals surface area (Å²) in [5, 5.41) is 9.14. The topological polar surface area (TPSA) is 135 Å². The van der Waals surface area contributed by atoms with E-state index in [0.29, 0.717) is 5.69 Å². The molecule has 118 valence electrons. The highest BCUT2D eigenvalue weighted by molar-refractivity contribution is 7.88. The number of amides is 1. The zero-order valence-electron chi connectivity index (χ0n) is 11.5. The Labute approximate surface area is 125 Å². The van der Waals surface area contributed by atoms with Gasteiger partial charge >= 0.3 is 22.3 Å². The lowest BCUT2D eigenvalue weighted by Gasteiger charge is -2.10. The first-order chi connectivity index (χ1) is 9.60. The quantitative estimate of drug-likeness (QED) is 0.692. The number of carbonyl (C=O) groups excluding carboxylic acids is 1. The summed E-state index contributed by atoms with van der Waals surface area (Å²) < 4.78 is 31.5. The number of aromatic carboxylic acids is 1. The lowest BCUT2D eigenvalue weighted by atomic mass is 10.4. The Balaban J connectivity index is 2.63. The molecule has 1 amide bonds. The van der Waals surface area contributed by atoms with Gasteiger partial charge in [0.2, 0.25) is 0 Å². The largest absolute Gasteiger partial charge is 0.477 e. The van der Waals surface area contributed by atoms with Gasteiger partial charge in [-0.3, -0.25) is 0 Å². The fourth-order valence-corrected chi connectivity index (χ4v) is 2.87. The van der Waals surface area contributed by atoms with E-state index >= 15 is 0 Å². The van der Waals surface area contributed by atoms with Gasteiger partial charge in [-0.25, -0.2) is 19.3 Å². The lowest BCUT2D eigenvalue weighted by Crippen LogP contribution is -2.40. The number of hydrogen-bond donors (Lipinski definition) is 3. The number of carboxylic acid groups (broad SMARTS) is 1. The summed E-state index contributed by atoms with van der Waals surface area (Å²) in [6.07, 6.45) is -1.56. The summed E-state index contributed by atoms with van der Waals surface area (Å²) in [6, 6.07) is 0. The van der Waals surface area contributed by atoms with Gasteiger partial charge in [0.15, 0.2) is 0 Å². The molecule has 0 aromatic carbocycles. The van der Waals surface area contributed by atoms with Crippen LogP contribution in [0.25, 0.3) is 0 Å². The highest BCUT2D eigenvalue weighted by Crippen LogP contribution is 2.17. The first-order valence-electron chi connectivity index (χ1n) is 5.78. The molecule has 0 bridgehead atoms. The maximum atomic E-state index is 11.6. The van der Waals surface area contributed by atoms with Crippen LogP contribution in [0.2, 0.25) is 0 Å². The second-order valence-corrected chi connectivity index (χ2v) is 6.79. The second kappa shape index (κ2) is 6.83. The van der Waals surface area contributed by atoms with Gasteiger partial charge in [0.25, 0.3) is 0 Å². The molecule has 0 saturated heterocycles. The van der Waals surface area contributed by atoms with E-state index in [4.69, 9.17) is 5.11 Å². The first-order valence-corrected chi connectivity index (χ1v) is 8.08. The molecule has 11 heteroatoms. The van der Waals surface area contributed by atoms with Crippen LogP contribution < -0.4 is 9.44 Å². The van der Waals surface area contributed by atoms with Crippen LogP contribution in [0.3, 0.4) is 0 Å². The number of rotatable bonds is 6. The van der Waals surface area contributed by atoms with Gasteiger partial charge in [0.05, 0.1) is 18.3 Å². The Morgan fingerprint density at radius 3 is 2.52 bits per heavy atom. The van der Waals surface area contributed by atoms with E-state index in [0.717, 1.165) is 11.3 Å². The molecule has 9 nitrogen and oxygen atoms in total. The van der Waals surface area contributed by atoms with E-state index in [9.17, 15) is 18.0 Å². The van der Waals surface area contributed by atoms with E-state index in [1.165, 1.54) is 6.92 Å². The normalized spacial score (nSPS) is 11.4. The Kier molecular flexibility index (Phi) is 5.63. The van der Waals surface area contributed by atoms with Gasteiger partial charge in [0, 0.05) is 0 Å².